The predicted octanol–water partition coefficient (Wildman–Crippen LogP) is 5.68. The van der Waals surface area contributed by atoms with Gasteiger partial charge >= 0.3 is 5.97 Å². The molecule has 0 spiro atoms. The molecule has 4 nitrogen and oxygen atoms in total. The van der Waals surface area contributed by atoms with Crippen LogP contribution in [0.4, 0.5) is 0 Å². The first kappa shape index (κ1) is 21.7. The van der Waals surface area contributed by atoms with Crippen molar-refractivity contribution in [2.45, 2.75) is 32.6 Å². The Morgan fingerprint density at radius 3 is 2.53 bits per heavy atom. The smallest absolute Gasteiger partial charge is 0.335 e. The highest BCUT2D eigenvalue weighted by Gasteiger charge is 2.20. The molecule has 1 aliphatic carbocycles. The van der Waals surface area contributed by atoms with Crippen molar-refractivity contribution in [2.24, 2.45) is 0 Å². The van der Waals surface area contributed by atoms with E-state index in [2.05, 4.69) is 24.3 Å². The highest BCUT2D eigenvalue weighted by molar-refractivity contribution is 5.89. The van der Waals surface area contributed by atoms with Crippen LogP contribution in [0.25, 0.3) is 5.57 Å². The molecule has 0 atom stereocenters. The summed E-state index contributed by atoms with van der Waals surface area (Å²) in [7, 11) is 3.38. The SMILES string of the molecule is COc1ccc(OC)c(CC2=CCc3cccc(CCc4ccc(C(=O)O)c(C)c4)c32)c1. The number of hydrogen-bond donors (Lipinski definition) is 1. The number of aryl methyl sites for hydroxylation is 3. The molecule has 0 bridgehead atoms. The normalized spacial score (nSPS) is 12.3. The Morgan fingerprint density at radius 1 is 0.969 bits per heavy atom. The number of benzene rings is 3. The van der Waals surface area contributed by atoms with Crippen LogP contribution in [0.3, 0.4) is 0 Å². The van der Waals surface area contributed by atoms with Crippen LogP contribution in [0.5, 0.6) is 11.5 Å². The van der Waals surface area contributed by atoms with Gasteiger partial charge in [-0.1, -0.05) is 36.4 Å². The maximum Gasteiger partial charge on any atom is 0.335 e. The molecular formula is C28H28O4. The Hall–Kier alpha value is -3.53. The second kappa shape index (κ2) is 9.31. The summed E-state index contributed by atoms with van der Waals surface area (Å²) < 4.78 is 11.0. The number of ether oxygens (including phenoxy) is 2. The lowest BCUT2D eigenvalue weighted by molar-refractivity contribution is 0.0696. The minimum Gasteiger partial charge on any atom is -0.497 e. The summed E-state index contributed by atoms with van der Waals surface area (Å²) in [6.45, 7) is 1.86. The van der Waals surface area contributed by atoms with E-state index in [-0.39, 0.29) is 0 Å². The molecule has 0 aromatic heterocycles. The number of methoxy groups -OCH3 is 2. The summed E-state index contributed by atoms with van der Waals surface area (Å²) in [5.41, 5.74) is 8.79. The summed E-state index contributed by atoms with van der Waals surface area (Å²) in [4.78, 5) is 11.3. The van der Waals surface area contributed by atoms with Gasteiger partial charge in [0.05, 0.1) is 19.8 Å². The van der Waals surface area contributed by atoms with E-state index in [0.717, 1.165) is 53.9 Å². The van der Waals surface area contributed by atoms with E-state index in [9.17, 15) is 9.90 Å². The van der Waals surface area contributed by atoms with Crippen molar-refractivity contribution in [1.82, 2.24) is 0 Å². The molecule has 0 heterocycles. The molecule has 0 radical (unpaired) electrons. The molecule has 3 aromatic rings. The fourth-order valence-corrected chi connectivity index (χ4v) is 4.57. The summed E-state index contributed by atoms with van der Waals surface area (Å²) in [6.07, 6.45) is 5.82. The zero-order chi connectivity index (χ0) is 22.7. The van der Waals surface area contributed by atoms with E-state index >= 15 is 0 Å². The third-order valence-electron chi connectivity index (χ3n) is 6.20. The highest BCUT2D eigenvalue weighted by Crippen LogP contribution is 2.36. The van der Waals surface area contributed by atoms with E-state index in [1.54, 1.807) is 20.3 Å². The number of fused-ring (bicyclic) bond motifs is 1. The molecule has 1 aliphatic rings. The van der Waals surface area contributed by atoms with Gasteiger partial charge in [-0.05, 0) is 83.8 Å². The number of rotatable bonds is 8. The molecule has 3 aromatic carbocycles. The fraction of sp³-hybridized carbons (Fsp3) is 0.250. The molecule has 4 rings (SSSR count). The van der Waals surface area contributed by atoms with Crippen LogP contribution in [-0.4, -0.2) is 25.3 Å². The molecule has 0 aliphatic heterocycles. The molecule has 0 saturated heterocycles. The minimum atomic E-state index is -0.877. The largest absolute Gasteiger partial charge is 0.497 e. The standard InChI is InChI=1S/C28H28O4/c1-18-15-19(8-13-25(18)28(29)30)7-9-20-5-4-6-21-10-11-22(27(20)21)16-23-17-24(31-2)12-14-26(23)32-3/h4-6,8,11-15,17H,7,9-10,16H2,1-3H3,(H,29,30). The van der Waals surface area contributed by atoms with Gasteiger partial charge in [-0.3, -0.25) is 0 Å². The van der Waals surface area contributed by atoms with Crippen molar-refractivity contribution in [3.8, 4) is 11.5 Å². The Labute approximate surface area is 189 Å². The average Bonchev–Trinajstić information content (AvgIpc) is 3.20. The summed E-state index contributed by atoms with van der Waals surface area (Å²) in [6, 6.07) is 18.1. The number of carboxylic acid groups (broad SMARTS) is 1. The molecule has 32 heavy (non-hydrogen) atoms. The third-order valence-corrected chi connectivity index (χ3v) is 6.20. The van der Waals surface area contributed by atoms with Crippen LogP contribution in [0.1, 0.15) is 43.7 Å². The van der Waals surface area contributed by atoms with Crippen molar-refractivity contribution < 1.29 is 19.4 Å². The maximum absolute atomic E-state index is 11.3. The van der Waals surface area contributed by atoms with Crippen LogP contribution < -0.4 is 9.47 Å². The van der Waals surface area contributed by atoms with E-state index in [1.165, 1.54) is 22.3 Å². The fourth-order valence-electron chi connectivity index (χ4n) is 4.57. The highest BCUT2D eigenvalue weighted by atomic mass is 16.5. The molecule has 4 heteroatoms. The van der Waals surface area contributed by atoms with Crippen LogP contribution in [0.15, 0.2) is 60.7 Å². The van der Waals surface area contributed by atoms with Gasteiger partial charge in [-0.2, -0.15) is 0 Å². The first-order chi connectivity index (χ1) is 15.5. The van der Waals surface area contributed by atoms with Crippen molar-refractivity contribution in [2.75, 3.05) is 14.2 Å². The summed E-state index contributed by atoms with van der Waals surface area (Å²) in [5, 5.41) is 9.27. The number of carboxylic acids is 1. The first-order valence-corrected chi connectivity index (χ1v) is 10.8. The number of allylic oxidation sites excluding steroid dienone is 2. The molecule has 0 unspecified atom stereocenters. The lowest BCUT2D eigenvalue weighted by Gasteiger charge is -2.15. The zero-order valence-electron chi connectivity index (χ0n) is 18.8. The van der Waals surface area contributed by atoms with Gasteiger partial charge in [0.1, 0.15) is 11.5 Å². The Morgan fingerprint density at radius 2 is 1.81 bits per heavy atom. The Balaban J connectivity index is 1.57. The van der Waals surface area contributed by atoms with E-state index in [1.807, 2.05) is 37.3 Å². The van der Waals surface area contributed by atoms with Crippen molar-refractivity contribution >= 4 is 11.5 Å². The third kappa shape index (κ3) is 4.40. The summed E-state index contributed by atoms with van der Waals surface area (Å²) >= 11 is 0. The molecule has 164 valence electrons. The topological polar surface area (TPSA) is 55.8 Å². The number of aromatic carboxylic acids is 1. The first-order valence-electron chi connectivity index (χ1n) is 10.8. The van der Waals surface area contributed by atoms with Crippen LogP contribution in [0.2, 0.25) is 0 Å². The molecule has 0 amide bonds. The van der Waals surface area contributed by atoms with E-state index in [0.29, 0.717) is 5.56 Å². The number of hydrogen-bond acceptors (Lipinski definition) is 3. The van der Waals surface area contributed by atoms with E-state index < -0.39 is 5.97 Å². The zero-order valence-corrected chi connectivity index (χ0v) is 18.8. The van der Waals surface area contributed by atoms with Gasteiger partial charge in [0.15, 0.2) is 0 Å². The Kier molecular flexibility index (Phi) is 6.31. The van der Waals surface area contributed by atoms with Gasteiger partial charge in [-0.25, -0.2) is 4.79 Å². The van der Waals surface area contributed by atoms with Crippen LogP contribution in [-0.2, 0) is 25.7 Å². The van der Waals surface area contributed by atoms with Crippen LogP contribution >= 0.6 is 0 Å². The maximum atomic E-state index is 11.3. The molecule has 0 saturated carbocycles. The second-order valence-electron chi connectivity index (χ2n) is 8.19. The Bertz CT molecular complexity index is 1190. The van der Waals surface area contributed by atoms with Gasteiger partial charge in [0.2, 0.25) is 0 Å². The molecular weight excluding hydrogens is 400 g/mol. The molecule has 0 fully saturated rings. The quantitative estimate of drug-likeness (QED) is 0.502. The van der Waals surface area contributed by atoms with Gasteiger partial charge < -0.3 is 14.6 Å². The van der Waals surface area contributed by atoms with Crippen molar-refractivity contribution in [1.29, 1.82) is 0 Å². The van der Waals surface area contributed by atoms with Crippen LogP contribution in [0, 0.1) is 6.92 Å². The van der Waals surface area contributed by atoms with Gasteiger partial charge in [0, 0.05) is 12.0 Å². The van der Waals surface area contributed by atoms with E-state index in [4.69, 9.17) is 9.47 Å². The average molecular weight is 429 g/mol. The lowest BCUT2D eigenvalue weighted by atomic mass is 9.91. The van der Waals surface area contributed by atoms with Crippen molar-refractivity contribution in [3.63, 3.8) is 0 Å². The van der Waals surface area contributed by atoms with Crippen molar-refractivity contribution in [3.05, 3.63) is 99.6 Å². The van der Waals surface area contributed by atoms with Gasteiger partial charge in [-0.15, -0.1) is 0 Å². The summed E-state index contributed by atoms with van der Waals surface area (Å²) in [5.74, 6) is 0.817. The number of carbonyl (C=O) groups is 1. The minimum absolute atomic E-state index is 0.367. The second-order valence-corrected chi connectivity index (χ2v) is 8.19. The monoisotopic (exact) mass is 428 g/mol. The molecule has 1 N–H and O–H groups in total. The lowest BCUT2D eigenvalue weighted by Crippen LogP contribution is -2.03. The van der Waals surface area contributed by atoms with Gasteiger partial charge in [0.25, 0.3) is 0 Å². The predicted molar refractivity (Wildman–Crippen MR) is 127 cm³/mol.